The summed E-state index contributed by atoms with van der Waals surface area (Å²) < 4.78 is 58.8. The largest absolute Gasteiger partial charge is 0.481 e. The number of nitrogens with zero attached hydrogens (tertiary/aromatic N) is 2. The second-order valence-corrected chi connectivity index (χ2v) is 21.1. The van der Waals surface area contributed by atoms with E-state index in [4.69, 9.17) is 29.0 Å². The molecule has 2 aliphatic heterocycles. The average Bonchev–Trinajstić information content (AvgIpc) is 3.33. The molecule has 2 aliphatic rings. The quantitative estimate of drug-likeness (QED) is 0.0284. The van der Waals surface area contributed by atoms with Crippen LogP contribution in [0, 0.1) is 11.8 Å². The number of anilines is 1. The summed E-state index contributed by atoms with van der Waals surface area (Å²) in [6, 6.07) is 1.22. The second kappa shape index (κ2) is 34.6. The molecule has 3 rings (SSSR count). The molecule has 11 atom stereocenters. The number of fused-ring (bicyclic) bond motifs is 3. The fourth-order valence-corrected chi connectivity index (χ4v) is 9.95. The van der Waals surface area contributed by atoms with Gasteiger partial charge in [0.15, 0.2) is 6.10 Å². The van der Waals surface area contributed by atoms with Gasteiger partial charge in [-0.1, -0.05) is 107 Å². The number of unbranched alkanes of at least 4 members (excludes halogenated alkanes) is 7. The zero-order valence-corrected chi connectivity index (χ0v) is 43.9. The third-order valence-electron chi connectivity index (χ3n) is 11.9. The van der Waals surface area contributed by atoms with Gasteiger partial charge in [0.2, 0.25) is 0 Å². The number of ketones is 1. The summed E-state index contributed by atoms with van der Waals surface area (Å²) in [7, 11) is -11.3. The van der Waals surface area contributed by atoms with Crippen LogP contribution in [0.1, 0.15) is 142 Å². The minimum Gasteiger partial charge on any atom is -0.462 e. The smallest absolute Gasteiger partial charge is 0.462 e. The molecule has 2 unspecified atom stereocenters. The number of aliphatic hydroxyl groups is 4. The van der Waals surface area contributed by atoms with Crippen LogP contribution >= 0.6 is 15.6 Å². The van der Waals surface area contributed by atoms with E-state index in [9.17, 15) is 58.5 Å². The van der Waals surface area contributed by atoms with Gasteiger partial charge in [-0.25, -0.2) is 13.9 Å². The Labute approximate surface area is 428 Å². The summed E-state index contributed by atoms with van der Waals surface area (Å²) in [5.41, 5.74) is 4.74. The van der Waals surface area contributed by atoms with E-state index in [1.807, 2.05) is 19.1 Å². The van der Waals surface area contributed by atoms with E-state index in [-0.39, 0.29) is 37.9 Å². The van der Waals surface area contributed by atoms with Gasteiger partial charge in [0.1, 0.15) is 36.6 Å². The minimum absolute atomic E-state index is 0.0553. The van der Waals surface area contributed by atoms with Gasteiger partial charge < -0.3 is 50.2 Å². The summed E-state index contributed by atoms with van der Waals surface area (Å²) in [6.45, 7) is 1.35. The Kier molecular flexibility index (Phi) is 30.0. The molecular weight excluding hydrogens is 993 g/mol. The maximum absolute atomic E-state index is 14.0. The van der Waals surface area contributed by atoms with E-state index in [0.29, 0.717) is 32.1 Å². The Morgan fingerprint density at radius 3 is 2.19 bits per heavy atom. The van der Waals surface area contributed by atoms with Crippen molar-refractivity contribution in [3.05, 3.63) is 83.5 Å². The first kappa shape index (κ1) is 63.3. The maximum Gasteiger partial charge on any atom is 0.481 e. The summed E-state index contributed by atoms with van der Waals surface area (Å²) in [5, 5.41) is 45.7. The van der Waals surface area contributed by atoms with Gasteiger partial charge in [-0.05, 0) is 76.7 Å². The summed E-state index contributed by atoms with van der Waals surface area (Å²) in [4.78, 5) is 78.1. The first-order valence-corrected chi connectivity index (χ1v) is 28.4. The van der Waals surface area contributed by atoms with Crippen LogP contribution in [-0.2, 0) is 51.1 Å². The van der Waals surface area contributed by atoms with E-state index in [0.717, 1.165) is 42.9 Å². The molecule has 412 valence electrons. The van der Waals surface area contributed by atoms with Crippen molar-refractivity contribution in [3.63, 3.8) is 0 Å². The summed E-state index contributed by atoms with van der Waals surface area (Å²) in [6.07, 6.45) is 17.7. The van der Waals surface area contributed by atoms with Crippen molar-refractivity contribution in [1.29, 1.82) is 0 Å². The molecule has 1 fully saturated rings. The topological polar surface area (TPSA) is 323 Å². The van der Waals surface area contributed by atoms with Crippen LogP contribution in [0.25, 0.3) is 0 Å². The molecule has 0 aliphatic carbocycles. The highest BCUT2D eigenvalue weighted by Gasteiger charge is 2.45. The van der Waals surface area contributed by atoms with Gasteiger partial charge in [-0.2, -0.15) is 9.29 Å². The van der Waals surface area contributed by atoms with Crippen molar-refractivity contribution < 1.29 is 81.3 Å². The predicted octanol–water partition coefficient (Wildman–Crippen LogP) is 6.92. The number of aromatic nitrogens is 2. The Hall–Kier alpha value is -3.95. The number of nitrogens with two attached hydrogens (primary N) is 1. The van der Waals surface area contributed by atoms with Crippen LogP contribution in [-0.4, -0.2) is 114 Å². The van der Waals surface area contributed by atoms with Crippen molar-refractivity contribution >= 4 is 39.2 Å². The molecule has 0 spiro atoms. The normalized spacial score (nSPS) is 29.9. The highest BCUT2D eigenvalue weighted by molar-refractivity contribution is 7.61. The molecule has 1 saturated heterocycles. The number of carbonyl (C=O) groups excluding carboxylic acids is 3. The molecule has 23 heteroatoms. The molecular formula is C50H79N3O18P2. The fourth-order valence-electron chi connectivity index (χ4n) is 7.84. The number of esters is 2. The Morgan fingerprint density at radius 2 is 1.52 bits per heavy atom. The van der Waals surface area contributed by atoms with Crippen molar-refractivity contribution in [2.24, 2.45) is 11.8 Å². The molecule has 3 heterocycles. The number of phosphoric acid groups is 2. The molecule has 1 aromatic heterocycles. The third-order valence-corrected chi connectivity index (χ3v) is 14.5. The van der Waals surface area contributed by atoms with Crippen molar-refractivity contribution in [2.45, 2.75) is 179 Å². The number of allylic oxidation sites excluding steroid dienone is 8. The lowest BCUT2D eigenvalue weighted by molar-refractivity contribution is -0.186. The van der Waals surface area contributed by atoms with E-state index >= 15 is 0 Å². The summed E-state index contributed by atoms with van der Waals surface area (Å²) >= 11 is 0. The van der Waals surface area contributed by atoms with E-state index < -0.39 is 120 Å². The number of phosphoric ester groups is 2. The Bertz CT molecular complexity index is 2130. The molecule has 0 radical (unpaired) electrons. The van der Waals surface area contributed by atoms with Crippen LogP contribution in [0.2, 0.25) is 0 Å². The lowest BCUT2D eigenvalue weighted by Gasteiger charge is -2.39. The Balaban J connectivity index is 1.83. The zero-order chi connectivity index (χ0) is 53.7. The number of carbonyl (C=O) groups is 3. The van der Waals surface area contributed by atoms with E-state index in [1.165, 1.54) is 37.5 Å². The number of nitrogen functional groups attached to an aromatic ring is 1. The number of hydrogen-bond donors (Lipinski definition) is 7. The van der Waals surface area contributed by atoms with Crippen LogP contribution in [0.4, 0.5) is 5.82 Å². The maximum atomic E-state index is 14.0. The molecule has 8 N–H and O–H groups in total. The number of rotatable bonds is 21. The van der Waals surface area contributed by atoms with Gasteiger partial charge >= 0.3 is 33.3 Å². The number of hydrogen-bond acceptors (Lipinski definition) is 18. The number of ether oxygens (including phenoxy) is 3. The SMILES string of the molecule is CCCCC/C=C\C/C=C\C/C=C\CCCCC(=O)O[C@@H]1COC(=O)CCC/C=C\C[C@@H]2[C@H](n3ccc(N)nc3=O)O[C@H](COP(=O)(O)OP(=O)(O)OC1)[C@@H](O)[C@@H](O)[C@@H](/C=C/[C@@H](O)CCCCC)C(=O)C[C@@H]2O. The number of cyclic esters (lactones) is 1. The molecule has 2 bridgehead atoms. The standard InChI is InChI=1S/C50H79N3O18P2/c1-3-5-7-8-9-10-11-12-13-14-15-16-17-18-24-28-46(58)69-38-34-66-45(57)27-23-20-19-22-26-40-42(56)33-41(55)39(30-29-37(54)25-21-6-4-2)47(59)48(60)43(36-68-73(64,65)71-72(62,63)67-35-38)70-49(40)53-32-31-44(51)52-50(53)61/h9-10,12-13,15-16,19,22,29-32,37-40,42-43,47-49,54,56,59-60H,3-8,11,14,17-18,20-21,23-28,33-36H2,1-2H3,(H,62,63)(H,64,65)(H2,51,52,61)/b10-9-,13-12-,16-15-,22-19-,30-29+/t37-,38+,39-,40-,42-,43+,47-,48+,49+/m0/s1. The molecule has 0 amide bonds. The van der Waals surface area contributed by atoms with Crippen LogP contribution in [0.5, 0.6) is 0 Å². The highest BCUT2D eigenvalue weighted by Crippen LogP contribution is 2.60. The van der Waals surface area contributed by atoms with E-state index in [1.54, 1.807) is 12.2 Å². The van der Waals surface area contributed by atoms with Crippen molar-refractivity contribution in [1.82, 2.24) is 9.55 Å². The lowest BCUT2D eigenvalue weighted by Crippen LogP contribution is -2.51. The van der Waals surface area contributed by atoms with Gasteiger partial charge in [0.05, 0.1) is 37.4 Å². The molecule has 0 aromatic carbocycles. The molecule has 21 nitrogen and oxygen atoms in total. The molecule has 1 aromatic rings. The summed E-state index contributed by atoms with van der Waals surface area (Å²) in [5.74, 6) is -5.30. The first-order chi connectivity index (χ1) is 34.9. The number of Topliss-reactive ketones (excluding diaryl/α,β-unsaturated/α-hetero) is 1. The third kappa shape index (κ3) is 25.4. The lowest BCUT2D eigenvalue weighted by atomic mass is 9.83. The molecule has 73 heavy (non-hydrogen) atoms. The van der Waals surface area contributed by atoms with Gasteiger partial charge in [-0.3, -0.25) is 28.0 Å². The molecule has 0 saturated carbocycles. The van der Waals surface area contributed by atoms with Crippen molar-refractivity contribution in [2.75, 3.05) is 25.6 Å². The van der Waals surface area contributed by atoms with Crippen molar-refractivity contribution in [3.8, 4) is 0 Å². The van der Waals surface area contributed by atoms with Crippen LogP contribution in [0.3, 0.4) is 0 Å². The van der Waals surface area contributed by atoms with Gasteiger partial charge in [-0.15, -0.1) is 0 Å². The zero-order valence-electron chi connectivity index (χ0n) is 42.1. The average molecular weight is 1070 g/mol. The number of aliphatic hydroxyl groups excluding tert-OH is 4. The second-order valence-electron chi connectivity index (χ2n) is 18.1. The minimum atomic E-state index is -5.73. The van der Waals surface area contributed by atoms with Crippen LogP contribution in [0.15, 0.2) is 77.8 Å². The fraction of sp³-hybridized carbons (Fsp3) is 0.660. The van der Waals surface area contributed by atoms with Crippen LogP contribution < -0.4 is 11.4 Å². The first-order valence-electron chi connectivity index (χ1n) is 25.4. The Morgan fingerprint density at radius 1 is 0.877 bits per heavy atom. The predicted molar refractivity (Wildman–Crippen MR) is 271 cm³/mol. The van der Waals surface area contributed by atoms with Gasteiger partial charge in [0.25, 0.3) is 0 Å². The highest BCUT2D eigenvalue weighted by atomic mass is 31.3. The van der Waals surface area contributed by atoms with Gasteiger partial charge in [0, 0.05) is 31.4 Å². The monoisotopic (exact) mass is 1070 g/mol. The van der Waals surface area contributed by atoms with E-state index in [2.05, 4.69) is 40.5 Å².